The maximum atomic E-state index is 13.8. The minimum absolute atomic E-state index is 0.0988. The molecule has 1 saturated carbocycles. The number of rotatable bonds is 8. The maximum absolute atomic E-state index is 13.8. The molecule has 1 N–H and O–H groups in total. The van der Waals surface area contributed by atoms with E-state index in [1.807, 2.05) is 36.4 Å². The average molecular weight is 477 g/mol. The molecule has 5 rings (SSSR count). The van der Waals surface area contributed by atoms with Gasteiger partial charge in [0, 0.05) is 12.6 Å². The highest BCUT2D eigenvalue weighted by Gasteiger charge is 2.35. The fourth-order valence-corrected chi connectivity index (χ4v) is 4.69. The zero-order valence-corrected chi connectivity index (χ0v) is 19.6. The first kappa shape index (κ1) is 22.8. The Bertz CT molecular complexity index is 1190. The Kier molecular flexibility index (Phi) is 6.61. The lowest BCUT2D eigenvalue weighted by atomic mass is 10.0. The smallest absolute Gasteiger partial charge is 0.290 e. The predicted octanol–water partition coefficient (Wildman–Crippen LogP) is 4.46. The third-order valence-corrected chi connectivity index (χ3v) is 6.45. The third-order valence-electron chi connectivity index (χ3n) is 6.45. The number of ether oxygens (including phenoxy) is 3. The van der Waals surface area contributed by atoms with Gasteiger partial charge < -0.3 is 28.8 Å². The number of amides is 2. The van der Waals surface area contributed by atoms with Gasteiger partial charge in [0.25, 0.3) is 5.91 Å². The number of hydrogen-bond acceptors (Lipinski definition) is 6. The normalized spacial score (nSPS) is 15.6. The fraction of sp³-hybridized carbons (Fsp3) is 0.333. The van der Waals surface area contributed by atoms with Crippen molar-refractivity contribution >= 4 is 11.8 Å². The highest BCUT2D eigenvalue weighted by atomic mass is 16.7. The molecule has 2 heterocycles. The quantitative estimate of drug-likeness (QED) is 0.516. The number of furan rings is 1. The molecule has 1 aromatic heterocycles. The Morgan fingerprint density at radius 2 is 1.89 bits per heavy atom. The number of hydrogen-bond donors (Lipinski definition) is 1. The zero-order valence-electron chi connectivity index (χ0n) is 19.6. The fourth-order valence-electron chi connectivity index (χ4n) is 4.69. The summed E-state index contributed by atoms with van der Waals surface area (Å²) < 4.78 is 21.8. The van der Waals surface area contributed by atoms with Crippen molar-refractivity contribution in [2.75, 3.05) is 13.9 Å². The average Bonchev–Trinajstić information content (AvgIpc) is 3.66. The van der Waals surface area contributed by atoms with Crippen LogP contribution in [0.25, 0.3) is 0 Å². The van der Waals surface area contributed by atoms with Gasteiger partial charge in [-0.15, -0.1) is 0 Å². The molecule has 0 saturated heterocycles. The number of carbonyl (C=O) groups excluding carboxylic acids is 2. The molecular formula is C27H28N2O6. The van der Waals surface area contributed by atoms with E-state index in [2.05, 4.69) is 5.32 Å². The van der Waals surface area contributed by atoms with E-state index in [1.54, 1.807) is 25.3 Å². The molecule has 2 amide bonds. The summed E-state index contributed by atoms with van der Waals surface area (Å²) >= 11 is 0. The first-order valence-electron chi connectivity index (χ1n) is 11.8. The van der Waals surface area contributed by atoms with Crippen molar-refractivity contribution in [1.82, 2.24) is 10.2 Å². The van der Waals surface area contributed by atoms with Crippen molar-refractivity contribution in [2.45, 2.75) is 44.3 Å². The number of nitrogens with zero attached hydrogens (tertiary/aromatic N) is 1. The van der Waals surface area contributed by atoms with Crippen LogP contribution in [0.15, 0.2) is 65.3 Å². The number of nitrogens with one attached hydrogen (secondary N) is 1. The summed E-state index contributed by atoms with van der Waals surface area (Å²) in [5.41, 5.74) is 1.45. The summed E-state index contributed by atoms with van der Waals surface area (Å²) in [6.07, 6.45) is 5.49. The van der Waals surface area contributed by atoms with E-state index >= 15 is 0 Å². The molecule has 2 aliphatic rings. The molecule has 1 atom stereocenters. The first-order chi connectivity index (χ1) is 17.1. The van der Waals surface area contributed by atoms with Crippen LogP contribution in [0, 0.1) is 0 Å². The monoisotopic (exact) mass is 476 g/mol. The number of fused-ring (bicyclic) bond motifs is 1. The van der Waals surface area contributed by atoms with Gasteiger partial charge in [-0.1, -0.05) is 31.0 Å². The van der Waals surface area contributed by atoms with Crippen LogP contribution in [0.5, 0.6) is 17.2 Å². The summed E-state index contributed by atoms with van der Waals surface area (Å²) in [4.78, 5) is 29.0. The van der Waals surface area contributed by atoms with Crippen LogP contribution in [0.3, 0.4) is 0 Å². The van der Waals surface area contributed by atoms with Crippen LogP contribution in [0.2, 0.25) is 0 Å². The van der Waals surface area contributed by atoms with Crippen molar-refractivity contribution in [2.24, 2.45) is 0 Å². The molecule has 1 aliphatic heterocycles. The number of benzene rings is 2. The van der Waals surface area contributed by atoms with Crippen molar-refractivity contribution in [3.8, 4) is 17.2 Å². The van der Waals surface area contributed by atoms with Gasteiger partial charge in [-0.2, -0.15) is 0 Å². The molecule has 182 valence electrons. The summed E-state index contributed by atoms with van der Waals surface area (Å²) in [5.74, 6) is 1.41. The van der Waals surface area contributed by atoms with Gasteiger partial charge in [-0.3, -0.25) is 9.59 Å². The molecule has 2 aromatic carbocycles. The lowest BCUT2D eigenvalue weighted by Crippen LogP contribution is -2.45. The highest BCUT2D eigenvalue weighted by molar-refractivity contribution is 5.96. The van der Waals surface area contributed by atoms with Gasteiger partial charge in [0.15, 0.2) is 17.3 Å². The minimum atomic E-state index is -0.895. The lowest BCUT2D eigenvalue weighted by molar-refractivity contribution is -0.126. The van der Waals surface area contributed by atoms with Crippen LogP contribution in [0.1, 0.15) is 53.4 Å². The van der Waals surface area contributed by atoms with E-state index in [1.165, 1.54) is 11.2 Å². The molecule has 8 heteroatoms. The topological polar surface area (TPSA) is 90.2 Å². The molecule has 0 unspecified atom stereocenters. The molecule has 1 fully saturated rings. The van der Waals surface area contributed by atoms with Crippen LogP contribution >= 0.6 is 0 Å². The summed E-state index contributed by atoms with van der Waals surface area (Å²) in [5, 5.41) is 3.17. The Labute approximate surface area is 203 Å². The Morgan fingerprint density at radius 1 is 1.06 bits per heavy atom. The van der Waals surface area contributed by atoms with E-state index in [9.17, 15) is 9.59 Å². The van der Waals surface area contributed by atoms with Crippen LogP contribution in [-0.4, -0.2) is 36.7 Å². The van der Waals surface area contributed by atoms with Crippen LogP contribution in [0.4, 0.5) is 0 Å². The van der Waals surface area contributed by atoms with Gasteiger partial charge in [0.05, 0.1) is 13.4 Å². The summed E-state index contributed by atoms with van der Waals surface area (Å²) in [6, 6.07) is 15.2. The third kappa shape index (κ3) is 4.96. The Hall–Kier alpha value is -3.94. The molecule has 35 heavy (non-hydrogen) atoms. The largest absolute Gasteiger partial charge is 0.497 e. The SMILES string of the molecule is COc1cccc([C@@H](C(=O)NC2CCCC2)N(Cc2ccc3c(c2)OCO3)C(=O)c2ccco2)c1. The molecule has 0 spiro atoms. The van der Waals surface area contributed by atoms with Gasteiger partial charge >= 0.3 is 0 Å². The van der Waals surface area contributed by atoms with E-state index in [0.717, 1.165) is 31.2 Å². The highest BCUT2D eigenvalue weighted by Crippen LogP contribution is 2.35. The molecule has 0 bridgehead atoms. The Balaban J connectivity index is 1.54. The van der Waals surface area contributed by atoms with E-state index in [0.29, 0.717) is 22.8 Å². The van der Waals surface area contributed by atoms with Gasteiger partial charge in [0.2, 0.25) is 12.7 Å². The van der Waals surface area contributed by atoms with Crippen molar-refractivity contribution in [3.63, 3.8) is 0 Å². The van der Waals surface area contributed by atoms with Crippen molar-refractivity contribution in [3.05, 3.63) is 77.7 Å². The Morgan fingerprint density at radius 3 is 2.66 bits per heavy atom. The second kappa shape index (κ2) is 10.1. The molecular weight excluding hydrogens is 448 g/mol. The zero-order chi connectivity index (χ0) is 24.2. The summed E-state index contributed by atoms with van der Waals surface area (Å²) in [6.45, 7) is 0.320. The van der Waals surface area contributed by atoms with E-state index < -0.39 is 6.04 Å². The van der Waals surface area contributed by atoms with Crippen molar-refractivity contribution < 1.29 is 28.2 Å². The van der Waals surface area contributed by atoms with Crippen molar-refractivity contribution in [1.29, 1.82) is 0 Å². The molecule has 0 radical (unpaired) electrons. The second-order valence-electron chi connectivity index (χ2n) is 8.77. The maximum Gasteiger partial charge on any atom is 0.290 e. The van der Waals surface area contributed by atoms with Gasteiger partial charge in [0.1, 0.15) is 11.8 Å². The van der Waals surface area contributed by atoms with Gasteiger partial charge in [-0.05, 0) is 60.4 Å². The predicted molar refractivity (Wildman–Crippen MR) is 127 cm³/mol. The molecule has 3 aromatic rings. The minimum Gasteiger partial charge on any atom is -0.497 e. The second-order valence-corrected chi connectivity index (χ2v) is 8.77. The first-order valence-corrected chi connectivity index (χ1v) is 11.8. The summed E-state index contributed by atoms with van der Waals surface area (Å²) in [7, 11) is 1.57. The van der Waals surface area contributed by atoms with Crippen LogP contribution < -0.4 is 19.5 Å². The number of carbonyl (C=O) groups is 2. The molecule has 1 aliphatic carbocycles. The van der Waals surface area contributed by atoms with Crippen LogP contribution in [-0.2, 0) is 11.3 Å². The molecule has 8 nitrogen and oxygen atoms in total. The number of methoxy groups -OCH3 is 1. The lowest BCUT2D eigenvalue weighted by Gasteiger charge is -2.32. The standard InChI is InChI=1S/C27H28N2O6/c1-32-21-9-4-6-19(15-21)25(26(30)28-20-7-2-3-8-20)29(27(31)23-10-5-13-33-23)16-18-11-12-22-24(14-18)35-17-34-22/h4-6,9-15,20,25H,2-3,7-8,16-17H2,1H3,(H,28,30)/t25-/m0/s1. The van der Waals surface area contributed by atoms with Gasteiger partial charge in [-0.25, -0.2) is 0 Å². The van der Waals surface area contributed by atoms with E-state index in [4.69, 9.17) is 18.6 Å². The van der Waals surface area contributed by atoms with E-state index in [-0.39, 0.29) is 37.0 Å².